The fourth-order valence-electron chi connectivity index (χ4n) is 3.58. The first-order valence-electron chi connectivity index (χ1n) is 9.33. The van der Waals surface area contributed by atoms with E-state index < -0.39 is 35.2 Å². The molecule has 0 spiro atoms. The third-order valence-corrected chi connectivity index (χ3v) is 5.33. The average molecular weight is 424 g/mol. The molecule has 2 saturated carbocycles. The van der Waals surface area contributed by atoms with Gasteiger partial charge in [-0.25, -0.2) is 17.6 Å². The van der Waals surface area contributed by atoms with Crippen LogP contribution in [0.5, 0.6) is 0 Å². The zero-order chi connectivity index (χ0) is 22.0. The van der Waals surface area contributed by atoms with Gasteiger partial charge in [0.15, 0.2) is 0 Å². The van der Waals surface area contributed by atoms with Crippen molar-refractivity contribution >= 4 is 11.9 Å². The zero-order valence-electron chi connectivity index (χ0n) is 16.3. The second-order valence-electron chi connectivity index (χ2n) is 7.21. The number of benzene rings is 2. The third-order valence-electron chi connectivity index (χ3n) is 5.33. The minimum Gasteiger partial charge on any atom is -0.469 e. The second-order valence-corrected chi connectivity index (χ2v) is 7.21. The summed E-state index contributed by atoms with van der Waals surface area (Å²) >= 11 is 0. The lowest BCUT2D eigenvalue weighted by Crippen LogP contribution is -2.05. The van der Waals surface area contributed by atoms with Crippen LogP contribution < -0.4 is 0 Å². The van der Waals surface area contributed by atoms with Crippen molar-refractivity contribution in [3.63, 3.8) is 0 Å². The molecule has 0 amide bonds. The summed E-state index contributed by atoms with van der Waals surface area (Å²) in [5.41, 5.74) is 0.0146. The monoisotopic (exact) mass is 424 g/mol. The Morgan fingerprint density at radius 2 is 1.00 bits per heavy atom. The van der Waals surface area contributed by atoms with Gasteiger partial charge in [0.1, 0.15) is 23.3 Å². The van der Waals surface area contributed by atoms with Crippen molar-refractivity contribution in [2.75, 3.05) is 14.2 Å². The number of hydrogen-bond donors (Lipinski definition) is 0. The van der Waals surface area contributed by atoms with Crippen molar-refractivity contribution in [2.45, 2.75) is 24.7 Å². The van der Waals surface area contributed by atoms with Crippen LogP contribution in [0.2, 0.25) is 0 Å². The Kier molecular flexibility index (Phi) is 6.43. The van der Waals surface area contributed by atoms with Crippen LogP contribution >= 0.6 is 0 Å². The molecule has 2 aliphatic carbocycles. The maximum absolute atomic E-state index is 13.3. The fraction of sp³-hybridized carbons (Fsp3) is 0.364. The largest absolute Gasteiger partial charge is 0.469 e. The Morgan fingerprint density at radius 1 is 0.700 bits per heavy atom. The van der Waals surface area contributed by atoms with E-state index in [0.29, 0.717) is 12.8 Å². The molecule has 4 nitrogen and oxygen atoms in total. The summed E-state index contributed by atoms with van der Waals surface area (Å²) in [6.45, 7) is 0. The molecule has 2 aromatic rings. The van der Waals surface area contributed by atoms with Gasteiger partial charge in [-0.1, -0.05) is 12.1 Å². The smallest absolute Gasteiger partial charge is 0.309 e. The number of hydrogen-bond acceptors (Lipinski definition) is 4. The Bertz CT molecular complexity index is 844. The van der Waals surface area contributed by atoms with Gasteiger partial charge in [-0.15, -0.1) is 0 Å². The van der Waals surface area contributed by atoms with Gasteiger partial charge in [-0.2, -0.15) is 0 Å². The van der Waals surface area contributed by atoms with Crippen molar-refractivity contribution in [2.24, 2.45) is 11.8 Å². The van der Waals surface area contributed by atoms with E-state index in [1.54, 1.807) is 0 Å². The first kappa shape index (κ1) is 21.8. The molecule has 8 heteroatoms. The van der Waals surface area contributed by atoms with Crippen molar-refractivity contribution < 1.29 is 36.6 Å². The molecule has 4 atom stereocenters. The summed E-state index contributed by atoms with van der Waals surface area (Å²) in [6.07, 6.45) is 0.926. The molecule has 0 radical (unpaired) electrons. The molecule has 4 rings (SSSR count). The topological polar surface area (TPSA) is 52.6 Å². The van der Waals surface area contributed by atoms with Gasteiger partial charge in [0, 0.05) is 23.0 Å². The minimum absolute atomic E-state index is 0.00731. The Labute approximate surface area is 170 Å². The lowest BCUT2D eigenvalue weighted by atomic mass is 10.1. The molecule has 0 aromatic heterocycles. The van der Waals surface area contributed by atoms with Crippen LogP contribution in [0.1, 0.15) is 35.8 Å². The van der Waals surface area contributed by atoms with Gasteiger partial charge in [0.2, 0.25) is 0 Å². The predicted octanol–water partition coefficient (Wildman–Crippen LogP) is 4.48. The normalized spacial score (nSPS) is 23.7. The predicted molar refractivity (Wildman–Crippen MR) is 98.4 cm³/mol. The molecule has 0 N–H and O–H groups in total. The van der Waals surface area contributed by atoms with Crippen molar-refractivity contribution in [1.82, 2.24) is 0 Å². The summed E-state index contributed by atoms with van der Waals surface area (Å²) in [5, 5.41) is 0. The van der Waals surface area contributed by atoms with E-state index in [0.717, 1.165) is 0 Å². The van der Waals surface area contributed by atoms with Crippen molar-refractivity contribution in [1.29, 1.82) is 0 Å². The Morgan fingerprint density at radius 3 is 1.27 bits per heavy atom. The number of rotatable bonds is 4. The molecule has 160 valence electrons. The summed E-state index contributed by atoms with van der Waals surface area (Å²) in [4.78, 5) is 22.2. The highest BCUT2D eigenvalue weighted by molar-refractivity contribution is 5.77. The first-order valence-corrected chi connectivity index (χ1v) is 9.33. The van der Waals surface area contributed by atoms with E-state index in [1.165, 1.54) is 50.6 Å². The molecular weight excluding hydrogens is 404 g/mol. The van der Waals surface area contributed by atoms with Crippen LogP contribution in [0.4, 0.5) is 17.6 Å². The van der Waals surface area contributed by atoms with Crippen molar-refractivity contribution in [3.8, 4) is 0 Å². The summed E-state index contributed by atoms with van der Waals surface area (Å²) in [6, 6.07) is 7.42. The Balaban J connectivity index is 0.000000171. The summed E-state index contributed by atoms with van der Waals surface area (Å²) in [5.74, 6) is -4.67. The van der Waals surface area contributed by atoms with Crippen LogP contribution in [-0.4, -0.2) is 26.2 Å². The molecule has 2 aliphatic rings. The highest BCUT2D eigenvalue weighted by Crippen LogP contribution is 2.50. The molecule has 2 aromatic carbocycles. The van der Waals surface area contributed by atoms with Gasteiger partial charge in [-0.3, -0.25) is 9.59 Å². The first-order chi connectivity index (χ1) is 14.3. The van der Waals surface area contributed by atoms with Crippen LogP contribution in [-0.2, 0) is 19.1 Å². The van der Waals surface area contributed by atoms with Gasteiger partial charge in [0.25, 0.3) is 0 Å². The SMILES string of the molecule is COC(=O)C1CC1c1c(F)cccc1F.COC(=O)C1CC1c1c(F)cccc1F. The molecule has 0 aliphatic heterocycles. The highest BCUT2D eigenvalue weighted by Gasteiger charge is 2.48. The lowest BCUT2D eigenvalue weighted by Gasteiger charge is -2.03. The van der Waals surface area contributed by atoms with Gasteiger partial charge in [-0.05, 0) is 37.1 Å². The molecular formula is C22H20F4O4. The van der Waals surface area contributed by atoms with Gasteiger partial charge < -0.3 is 9.47 Å². The van der Waals surface area contributed by atoms with Crippen LogP contribution in [0.25, 0.3) is 0 Å². The van der Waals surface area contributed by atoms with E-state index in [4.69, 9.17) is 0 Å². The number of methoxy groups -OCH3 is 2. The van der Waals surface area contributed by atoms with Gasteiger partial charge in [0.05, 0.1) is 26.1 Å². The highest BCUT2D eigenvalue weighted by atomic mass is 19.1. The second kappa shape index (κ2) is 8.85. The molecule has 2 fully saturated rings. The molecule has 0 saturated heterocycles. The van der Waals surface area contributed by atoms with Crippen LogP contribution in [0.3, 0.4) is 0 Å². The molecule has 30 heavy (non-hydrogen) atoms. The molecule has 0 heterocycles. The van der Waals surface area contributed by atoms with Crippen LogP contribution in [0, 0.1) is 35.1 Å². The fourth-order valence-corrected chi connectivity index (χ4v) is 3.58. The summed E-state index contributed by atoms with van der Waals surface area (Å²) < 4.78 is 62.2. The quantitative estimate of drug-likeness (QED) is 0.537. The average Bonchev–Trinajstić information content (AvgIpc) is 3.62. The Hall–Kier alpha value is -2.90. The lowest BCUT2D eigenvalue weighted by molar-refractivity contribution is -0.143. The van der Waals surface area contributed by atoms with E-state index in [9.17, 15) is 27.2 Å². The minimum atomic E-state index is -0.591. The van der Waals surface area contributed by atoms with E-state index in [-0.39, 0.29) is 34.8 Å². The van der Waals surface area contributed by atoms with E-state index >= 15 is 0 Å². The van der Waals surface area contributed by atoms with E-state index in [2.05, 4.69) is 9.47 Å². The standard InChI is InChI=1S/2C11H10F2O2/c2*1-15-11(14)7-5-6(7)10-8(12)3-2-4-9(10)13/h2*2-4,6-7H,5H2,1H3. The third kappa shape index (κ3) is 4.47. The summed E-state index contributed by atoms with van der Waals surface area (Å²) in [7, 11) is 2.55. The van der Waals surface area contributed by atoms with Crippen LogP contribution in [0.15, 0.2) is 36.4 Å². The number of carbonyl (C=O) groups excluding carboxylic acids is 2. The van der Waals surface area contributed by atoms with E-state index in [1.807, 2.05) is 0 Å². The van der Waals surface area contributed by atoms with Crippen molar-refractivity contribution in [3.05, 3.63) is 70.8 Å². The maximum Gasteiger partial charge on any atom is 0.309 e. The molecule has 0 bridgehead atoms. The number of carbonyl (C=O) groups is 2. The van der Waals surface area contributed by atoms with Gasteiger partial charge >= 0.3 is 11.9 Å². The zero-order valence-corrected chi connectivity index (χ0v) is 16.3. The number of halogens is 4. The number of ether oxygens (including phenoxy) is 2. The number of esters is 2. The molecule has 4 unspecified atom stereocenters. The maximum atomic E-state index is 13.3.